The summed E-state index contributed by atoms with van der Waals surface area (Å²) >= 11 is 0. The van der Waals surface area contributed by atoms with Crippen molar-refractivity contribution in [2.45, 2.75) is 110 Å². The summed E-state index contributed by atoms with van der Waals surface area (Å²) in [7, 11) is 0.593. The summed E-state index contributed by atoms with van der Waals surface area (Å²) in [5.41, 5.74) is 15.4. The number of amides is 4. The first-order valence-electron chi connectivity index (χ1n) is 18.3. The SMILES string of the molecule is CC[C@H](C)C([C@@H](CC(=O)N1CCCC1[C@H](OC)[C@@H](C)C(=O)N[C@@H](Cc1ccccc1)C(=O)NS(=O)(=O)CCCN=[N+]=[N-])OC)N(C)C(=O)C(N)C(C)C. The highest BCUT2D eigenvalue weighted by molar-refractivity contribution is 7.90. The molecule has 1 aliphatic rings. The Morgan fingerprint density at radius 2 is 1.75 bits per heavy atom. The Bertz CT molecular complexity index is 1510. The third-order valence-electron chi connectivity index (χ3n) is 10.2. The number of likely N-dealkylation sites (N-methyl/N-ethyl adjacent to an activating group) is 1. The number of carbonyl (C=O) groups excluding carboxylic acids is 4. The Labute approximate surface area is 314 Å². The zero-order chi connectivity index (χ0) is 39.9. The van der Waals surface area contributed by atoms with Gasteiger partial charge in [-0.05, 0) is 42.2 Å². The van der Waals surface area contributed by atoms with Crippen LogP contribution >= 0.6 is 0 Å². The highest BCUT2D eigenvalue weighted by Crippen LogP contribution is 2.29. The number of hydrogen-bond donors (Lipinski definition) is 3. The number of nitrogens with zero attached hydrogens (tertiary/aromatic N) is 5. The lowest BCUT2D eigenvalue weighted by Crippen LogP contribution is -2.56. The van der Waals surface area contributed by atoms with E-state index in [0.717, 1.165) is 6.42 Å². The fraction of sp³-hybridized carbons (Fsp3) is 0.722. The molecular weight excluding hydrogens is 705 g/mol. The Morgan fingerprint density at radius 1 is 1.09 bits per heavy atom. The van der Waals surface area contributed by atoms with Gasteiger partial charge in [-0.15, -0.1) is 0 Å². The van der Waals surface area contributed by atoms with Gasteiger partial charge in [0.05, 0.1) is 48.4 Å². The van der Waals surface area contributed by atoms with Crippen molar-refractivity contribution in [1.82, 2.24) is 19.8 Å². The molecule has 0 radical (unpaired) electrons. The van der Waals surface area contributed by atoms with Crippen molar-refractivity contribution in [3.05, 3.63) is 46.3 Å². The van der Waals surface area contributed by atoms with Gasteiger partial charge in [0, 0.05) is 45.7 Å². The number of rotatable bonds is 22. The molecule has 17 heteroatoms. The third kappa shape index (κ3) is 13.2. The number of nitrogens with two attached hydrogens (primary N) is 1. The zero-order valence-corrected chi connectivity index (χ0v) is 33.3. The van der Waals surface area contributed by atoms with Gasteiger partial charge in [-0.2, -0.15) is 0 Å². The molecule has 1 aliphatic heterocycles. The molecular formula is C36H60N8O8S. The average Bonchev–Trinajstić information content (AvgIpc) is 3.62. The van der Waals surface area contributed by atoms with E-state index >= 15 is 0 Å². The number of azide groups is 1. The van der Waals surface area contributed by atoms with E-state index in [0.29, 0.717) is 24.9 Å². The summed E-state index contributed by atoms with van der Waals surface area (Å²) in [6.45, 7) is 9.82. The van der Waals surface area contributed by atoms with Gasteiger partial charge in [-0.25, -0.2) is 8.42 Å². The van der Waals surface area contributed by atoms with Gasteiger partial charge in [-0.1, -0.05) is 76.5 Å². The van der Waals surface area contributed by atoms with Crippen LogP contribution in [-0.4, -0.2) is 118 Å². The van der Waals surface area contributed by atoms with E-state index < -0.39 is 69.9 Å². The Balaban J connectivity index is 2.27. The number of sulfonamides is 1. The first-order chi connectivity index (χ1) is 25.0. The van der Waals surface area contributed by atoms with Crippen molar-refractivity contribution in [2.75, 3.05) is 40.1 Å². The number of hydrogen-bond acceptors (Lipinski definition) is 10. The van der Waals surface area contributed by atoms with Crippen LogP contribution in [0.3, 0.4) is 0 Å². The average molecular weight is 765 g/mol. The molecule has 298 valence electrons. The maximum atomic E-state index is 14.0. The summed E-state index contributed by atoms with van der Waals surface area (Å²) in [4.78, 5) is 60.4. The van der Waals surface area contributed by atoms with Gasteiger partial charge >= 0.3 is 0 Å². The molecule has 4 amide bonds. The van der Waals surface area contributed by atoms with E-state index in [2.05, 4.69) is 15.3 Å². The number of carbonyl (C=O) groups is 4. The second-order valence-corrected chi connectivity index (χ2v) is 16.0. The van der Waals surface area contributed by atoms with Crippen molar-refractivity contribution >= 4 is 33.7 Å². The lowest BCUT2D eigenvalue weighted by atomic mass is 9.89. The quantitative estimate of drug-likeness (QED) is 0.0682. The molecule has 0 saturated carbocycles. The molecule has 0 aromatic heterocycles. The maximum Gasteiger partial charge on any atom is 0.256 e. The topological polar surface area (TPSA) is 226 Å². The fourth-order valence-corrected chi connectivity index (χ4v) is 7.89. The largest absolute Gasteiger partial charge is 0.379 e. The molecule has 4 N–H and O–H groups in total. The van der Waals surface area contributed by atoms with Crippen LogP contribution in [0.4, 0.5) is 0 Å². The van der Waals surface area contributed by atoms with Gasteiger partial charge < -0.3 is 30.3 Å². The van der Waals surface area contributed by atoms with Crippen LogP contribution in [0.15, 0.2) is 35.4 Å². The van der Waals surface area contributed by atoms with Crippen LogP contribution in [0, 0.1) is 17.8 Å². The fourth-order valence-electron chi connectivity index (χ4n) is 6.83. The van der Waals surface area contributed by atoms with Crippen molar-refractivity contribution < 1.29 is 37.1 Å². The van der Waals surface area contributed by atoms with Crippen LogP contribution < -0.4 is 15.8 Å². The minimum atomic E-state index is -4.09. The maximum absolute atomic E-state index is 14.0. The van der Waals surface area contributed by atoms with Crippen molar-refractivity contribution in [1.29, 1.82) is 0 Å². The molecule has 1 aromatic carbocycles. The summed E-state index contributed by atoms with van der Waals surface area (Å²) in [6, 6.07) is 6.01. The Hall–Kier alpha value is -3.76. The minimum Gasteiger partial charge on any atom is -0.379 e. The number of likely N-dealkylation sites (tertiary alicyclic amines) is 1. The molecule has 0 spiro atoms. The Morgan fingerprint density at radius 3 is 2.32 bits per heavy atom. The molecule has 1 saturated heterocycles. The monoisotopic (exact) mass is 764 g/mol. The summed E-state index contributed by atoms with van der Waals surface area (Å²) in [5, 5.41) is 6.05. The molecule has 0 bridgehead atoms. The van der Waals surface area contributed by atoms with Crippen molar-refractivity contribution in [2.24, 2.45) is 28.6 Å². The minimum absolute atomic E-state index is 0.000349. The number of benzene rings is 1. The summed E-state index contributed by atoms with van der Waals surface area (Å²) in [6.07, 6.45) is 0.616. The van der Waals surface area contributed by atoms with Crippen LogP contribution in [0.2, 0.25) is 0 Å². The van der Waals surface area contributed by atoms with E-state index in [4.69, 9.17) is 20.7 Å². The standard InChI is InChI=1S/C36H60N8O8S/c1-9-24(4)32(43(6)36(48)31(37)23(2)3)29(51-7)22-30(45)44-19-13-17-28(44)33(52-8)25(5)34(46)40-27(21-26-15-11-10-12-16-26)35(47)41-53(49,50)20-14-18-39-42-38/h10-12,15-16,23-25,27-29,31-33H,9,13-14,17-22,37H2,1-8H3,(H,40,46)(H,41,47)/t24-,25+,27-,28?,29+,31?,32?,33+/m0/s1. The van der Waals surface area contributed by atoms with Crippen LogP contribution in [0.1, 0.15) is 72.3 Å². The van der Waals surface area contributed by atoms with E-state index in [-0.39, 0.29) is 49.5 Å². The second-order valence-electron chi connectivity index (χ2n) is 14.2. The summed E-state index contributed by atoms with van der Waals surface area (Å²) in [5.74, 6) is -3.26. The predicted octanol–water partition coefficient (Wildman–Crippen LogP) is 2.76. The van der Waals surface area contributed by atoms with Gasteiger partial charge in [0.1, 0.15) is 6.04 Å². The van der Waals surface area contributed by atoms with E-state index in [9.17, 15) is 27.6 Å². The highest BCUT2D eigenvalue weighted by Gasteiger charge is 2.43. The Kier molecular flexibility index (Phi) is 18.7. The van der Waals surface area contributed by atoms with Gasteiger partial charge in [0.15, 0.2) is 0 Å². The lowest BCUT2D eigenvalue weighted by molar-refractivity contribution is -0.146. The molecule has 0 aliphatic carbocycles. The molecule has 16 nitrogen and oxygen atoms in total. The van der Waals surface area contributed by atoms with E-state index in [1.165, 1.54) is 14.2 Å². The number of methoxy groups -OCH3 is 2. The molecule has 1 heterocycles. The first-order valence-corrected chi connectivity index (χ1v) is 19.9. The van der Waals surface area contributed by atoms with Gasteiger partial charge in [-0.3, -0.25) is 23.9 Å². The highest BCUT2D eigenvalue weighted by atomic mass is 32.2. The molecule has 3 unspecified atom stereocenters. The zero-order valence-electron chi connectivity index (χ0n) is 32.4. The van der Waals surface area contributed by atoms with Gasteiger partial charge in [0.2, 0.25) is 27.7 Å². The van der Waals surface area contributed by atoms with Crippen molar-refractivity contribution in [3.8, 4) is 0 Å². The predicted molar refractivity (Wildman–Crippen MR) is 202 cm³/mol. The van der Waals surface area contributed by atoms with Crippen molar-refractivity contribution in [3.63, 3.8) is 0 Å². The normalized spacial score (nSPS) is 18.5. The van der Waals surface area contributed by atoms with E-state index in [1.807, 2.05) is 32.4 Å². The van der Waals surface area contributed by atoms with Crippen LogP contribution in [-0.2, 0) is 45.1 Å². The molecule has 1 fully saturated rings. The number of nitrogens with one attached hydrogen (secondary N) is 2. The van der Waals surface area contributed by atoms with E-state index in [1.54, 1.807) is 54.1 Å². The first kappa shape index (κ1) is 45.4. The smallest absolute Gasteiger partial charge is 0.256 e. The van der Waals surface area contributed by atoms with Gasteiger partial charge in [0.25, 0.3) is 5.91 Å². The summed E-state index contributed by atoms with van der Waals surface area (Å²) < 4.78 is 39.1. The lowest BCUT2D eigenvalue weighted by Gasteiger charge is -2.40. The van der Waals surface area contributed by atoms with Crippen LogP contribution in [0.25, 0.3) is 10.4 Å². The molecule has 53 heavy (non-hydrogen) atoms. The third-order valence-corrected chi connectivity index (χ3v) is 11.5. The molecule has 8 atom stereocenters. The molecule has 2 rings (SSSR count). The second kappa shape index (κ2) is 21.8. The van der Waals surface area contributed by atoms with Crippen LogP contribution in [0.5, 0.6) is 0 Å². The molecule has 1 aromatic rings. The number of ether oxygens (including phenoxy) is 2.